The van der Waals surface area contributed by atoms with Crippen molar-refractivity contribution >= 4 is 11.6 Å². The molecule has 1 N–H and O–H groups in total. The third-order valence-electron chi connectivity index (χ3n) is 3.64. The fraction of sp³-hybridized carbons (Fsp3) is 0.250. The number of hydrogen-bond donors (Lipinski definition) is 1. The van der Waals surface area contributed by atoms with Crippen LogP contribution in [0.4, 0.5) is 0 Å². The van der Waals surface area contributed by atoms with E-state index < -0.39 is 0 Å². The summed E-state index contributed by atoms with van der Waals surface area (Å²) in [5.74, 6) is -0.267. The van der Waals surface area contributed by atoms with E-state index in [0.717, 1.165) is 15.8 Å². The second-order valence-corrected chi connectivity index (χ2v) is 5.44. The van der Waals surface area contributed by atoms with Crippen molar-refractivity contribution in [1.82, 2.24) is 24.5 Å². The largest absolute Gasteiger partial charge is 0.350 e. The van der Waals surface area contributed by atoms with Crippen molar-refractivity contribution in [3.8, 4) is 0 Å². The average molecular weight is 311 g/mol. The number of benzene rings is 1. The van der Waals surface area contributed by atoms with Crippen LogP contribution in [-0.4, -0.2) is 25.1 Å². The van der Waals surface area contributed by atoms with Gasteiger partial charge in [-0.1, -0.05) is 29.8 Å². The number of fused-ring (bicyclic) bond motifs is 1. The fourth-order valence-corrected chi connectivity index (χ4v) is 2.34. The highest BCUT2D eigenvalue weighted by molar-refractivity contribution is 5.76. The van der Waals surface area contributed by atoms with Gasteiger partial charge in [-0.3, -0.25) is 9.78 Å². The molecule has 7 heteroatoms. The van der Waals surface area contributed by atoms with Crippen LogP contribution in [0.3, 0.4) is 0 Å². The minimum Gasteiger partial charge on any atom is -0.348 e. The molecule has 0 aliphatic heterocycles. The van der Waals surface area contributed by atoms with Gasteiger partial charge in [-0.2, -0.15) is 0 Å². The topological polar surface area (TPSA) is 81.3 Å². The van der Waals surface area contributed by atoms with Crippen LogP contribution in [0.15, 0.2) is 47.7 Å². The van der Waals surface area contributed by atoms with E-state index >= 15 is 0 Å². The Balaban J connectivity index is 1.72. The first-order valence-corrected chi connectivity index (χ1v) is 7.30. The van der Waals surface area contributed by atoms with Crippen molar-refractivity contribution in [3.63, 3.8) is 0 Å². The van der Waals surface area contributed by atoms with Crippen LogP contribution in [-0.2, 0) is 11.3 Å². The third kappa shape index (κ3) is 3.13. The summed E-state index contributed by atoms with van der Waals surface area (Å²) in [6.07, 6.45) is 4.50. The van der Waals surface area contributed by atoms with E-state index in [2.05, 4.69) is 15.4 Å². The first-order chi connectivity index (χ1) is 11.0. The lowest BCUT2D eigenvalue weighted by Gasteiger charge is -2.14. The standard InChI is InChI=1S/C16H17N5O2/c1-11-3-5-13(6-4-11)12(2)18-15(22)10-21-16(23)20-8-7-17-9-14(20)19-21/h3-9,12H,10H2,1-2H3,(H,18,22)/t12-/m0/s1. The van der Waals surface area contributed by atoms with Gasteiger partial charge in [0.1, 0.15) is 6.54 Å². The molecule has 2 aromatic heterocycles. The Bertz CT molecular complexity index is 895. The Kier molecular flexibility index (Phi) is 3.92. The van der Waals surface area contributed by atoms with Crippen LogP contribution >= 0.6 is 0 Å². The van der Waals surface area contributed by atoms with Crippen molar-refractivity contribution in [2.24, 2.45) is 0 Å². The number of amides is 1. The molecule has 0 aliphatic rings. The van der Waals surface area contributed by atoms with Gasteiger partial charge in [-0.05, 0) is 19.4 Å². The van der Waals surface area contributed by atoms with E-state index in [4.69, 9.17) is 0 Å². The highest BCUT2D eigenvalue weighted by Gasteiger charge is 2.13. The average Bonchev–Trinajstić information content (AvgIpc) is 2.84. The molecule has 0 bridgehead atoms. The lowest BCUT2D eigenvalue weighted by atomic mass is 10.1. The summed E-state index contributed by atoms with van der Waals surface area (Å²) in [5, 5.41) is 6.96. The van der Waals surface area contributed by atoms with Crippen molar-refractivity contribution < 1.29 is 4.79 Å². The number of hydrogen-bond acceptors (Lipinski definition) is 4. The Morgan fingerprint density at radius 1 is 1.30 bits per heavy atom. The molecule has 1 atom stereocenters. The van der Waals surface area contributed by atoms with Gasteiger partial charge >= 0.3 is 5.69 Å². The molecule has 1 amide bonds. The number of carbonyl (C=O) groups excluding carboxylic acids is 1. The van der Waals surface area contributed by atoms with E-state index in [-0.39, 0.29) is 24.2 Å². The zero-order chi connectivity index (χ0) is 16.4. The quantitative estimate of drug-likeness (QED) is 0.781. The summed E-state index contributed by atoms with van der Waals surface area (Å²) in [4.78, 5) is 28.2. The van der Waals surface area contributed by atoms with Crippen LogP contribution in [0, 0.1) is 6.92 Å². The van der Waals surface area contributed by atoms with Crippen molar-refractivity contribution in [2.75, 3.05) is 0 Å². The highest BCUT2D eigenvalue weighted by Crippen LogP contribution is 2.12. The van der Waals surface area contributed by atoms with Crippen LogP contribution < -0.4 is 11.0 Å². The number of nitrogens with one attached hydrogen (secondary N) is 1. The van der Waals surface area contributed by atoms with Crippen molar-refractivity contribution in [3.05, 3.63) is 64.5 Å². The van der Waals surface area contributed by atoms with Crippen molar-refractivity contribution in [2.45, 2.75) is 26.4 Å². The van der Waals surface area contributed by atoms with Gasteiger partial charge in [0.25, 0.3) is 0 Å². The minimum absolute atomic E-state index is 0.128. The molecular formula is C16H17N5O2. The molecule has 0 saturated heterocycles. The summed E-state index contributed by atoms with van der Waals surface area (Å²) in [6.45, 7) is 3.79. The van der Waals surface area contributed by atoms with Gasteiger partial charge in [0.2, 0.25) is 5.91 Å². The Labute approximate surface area is 132 Å². The normalized spacial score (nSPS) is 12.3. The first kappa shape index (κ1) is 15.0. The van der Waals surface area contributed by atoms with Crippen molar-refractivity contribution in [1.29, 1.82) is 0 Å². The molecule has 0 radical (unpaired) electrons. The Morgan fingerprint density at radius 2 is 2.04 bits per heavy atom. The molecule has 3 aromatic rings. The highest BCUT2D eigenvalue weighted by atomic mass is 16.2. The predicted octanol–water partition coefficient (Wildman–Crippen LogP) is 1.08. The summed E-state index contributed by atoms with van der Waals surface area (Å²) in [7, 11) is 0. The monoisotopic (exact) mass is 311 g/mol. The molecule has 0 unspecified atom stereocenters. The van der Waals surface area contributed by atoms with Gasteiger partial charge in [0, 0.05) is 12.4 Å². The van der Waals surface area contributed by atoms with Crippen LogP contribution in [0.5, 0.6) is 0 Å². The number of carbonyl (C=O) groups is 1. The predicted molar refractivity (Wildman–Crippen MR) is 85.0 cm³/mol. The maximum atomic E-state index is 12.2. The van der Waals surface area contributed by atoms with E-state index in [1.807, 2.05) is 38.1 Å². The van der Waals surface area contributed by atoms with Gasteiger partial charge in [-0.15, -0.1) is 5.10 Å². The van der Waals surface area contributed by atoms with E-state index in [9.17, 15) is 9.59 Å². The molecule has 0 saturated carbocycles. The summed E-state index contributed by atoms with van der Waals surface area (Å²) in [5.41, 5.74) is 2.23. The van der Waals surface area contributed by atoms with Gasteiger partial charge < -0.3 is 5.32 Å². The maximum Gasteiger partial charge on any atom is 0.350 e. The van der Waals surface area contributed by atoms with Gasteiger partial charge in [0.15, 0.2) is 5.65 Å². The van der Waals surface area contributed by atoms with Crippen LogP contribution in [0.1, 0.15) is 24.1 Å². The smallest absolute Gasteiger partial charge is 0.348 e. The molecule has 7 nitrogen and oxygen atoms in total. The Morgan fingerprint density at radius 3 is 2.74 bits per heavy atom. The third-order valence-corrected chi connectivity index (χ3v) is 3.64. The van der Waals surface area contributed by atoms with E-state index in [1.165, 1.54) is 23.0 Å². The fourth-order valence-electron chi connectivity index (χ4n) is 2.34. The maximum absolute atomic E-state index is 12.2. The first-order valence-electron chi connectivity index (χ1n) is 7.30. The zero-order valence-corrected chi connectivity index (χ0v) is 12.9. The molecule has 1 aromatic carbocycles. The number of aryl methyl sites for hydroxylation is 1. The van der Waals surface area contributed by atoms with Gasteiger partial charge in [0.05, 0.1) is 12.2 Å². The van der Waals surface area contributed by atoms with Crippen LogP contribution in [0.2, 0.25) is 0 Å². The molecule has 0 fully saturated rings. The number of rotatable bonds is 4. The Hall–Kier alpha value is -2.96. The molecule has 0 spiro atoms. The lowest BCUT2D eigenvalue weighted by molar-refractivity contribution is -0.122. The molecule has 3 rings (SSSR count). The van der Waals surface area contributed by atoms with E-state index in [1.54, 1.807) is 0 Å². The minimum atomic E-state index is -0.361. The second kappa shape index (κ2) is 6.04. The summed E-state index contributed by atoms with van der Waals surface area (Å²) in [6, 6.07) is 7.80. The summed E-state index contributed by atoms with van der Waals surface area (Å²) >= 11 is 0. The summed E-state index contributed by atoms with van der Waals surface area (Å²) < 4.78 is 2.48. The molecule has 118 valence electrons. The number of nitrogens with zero attached hydrogens (tertiary/aromatic N) is 4. The van der Waals surface area contributed by atoms with Gasteiger partial charge in [-0.25, -0.2) is 13.9 Å². The molecule has 23 heavy (non-hydrogen) atoms. The number of aromatic nitrogens is 4. The van der Waals surface area contributed by atoms with E-state index in [0.29, 0.717) is 5.65 Å². The lowest BCUT2D eigenvalue weighted by Crippen LogP contribution is -2.34. The molecular weight excluding hydrogens is 294 g/mol. The second-order valence-electron chi connectivity index (χ2n) is 5.44. The SMILES string of the molecule is Cc1ccc([C@H](C)NC(=O)Cn2nc3cnccn3c2=O)cc1. The zero-order valence-electron chi connectivity index (χ0n) is 12.9. The molecule has 0 aliphatic carbocycles. The molecule has 2 heterocycles. The van der Waals surface area contributed by atoms with Crippen LogP contribution in [0.25, 0.3) is 5.65 Å².